The number of nitriles is 1. The monoisotopic (exact) mass is 415 g/mol. The summed E-state index contributed by atoms with van der Waals surface area (Å²) in [5.41, 5.74) is 3.68. The number of likely N-dealkylation sites (tertiary alicyclic amines) is 1. The summed E-state index contributed by atoms with van der Waals surface area (Å²) < 4.78 is 0. The van der Waals surface area contributed by atoms with Gasteiger partial charge in [-0.15, -0.1) is 0 Å². The van der Waals surface area contributed by atoms with Gasteiger partial charge in [-0.25, -0.2) is 4.98 Å². The Balaban J connectivity index is 1.06. The van der Waals surface area contributed by atoms with Crippen LogP contribution in [0.5, 0.6) is 0 Å². The molecule has 2 saturated heterocycles. The number of aromatic nitrogens is 1. The third-order valence-electron chi connectivity index (χ3n) is 7.39. The zero-order valence-electron chi connectivity index (χ0n) is 18.4. The highest BCUT2D eigenvalue weighted by atomic mass is 15.3. The Morgan fingerprint density at radius 3 is 2.35 bits per heavy atom. The van der Waals surface area contributed by atoms with Gasteiger partial charge in [0.1, 0.15) is 11.9 Å². The average molecular weight is 416 g/mol. The summed E-state index contributed by atoms with van der Waals surface area (Å²) >= 11 is 0. The number of hydrogen-bond acceptors (Lipinski definition) is 5. The van der Waals surface area contributed by atoms with Gasteiger partial charge in [0.05, 0.1) is 5.56 Å². The number of anilines is 1. The molecule has 1 aromatic heterocycles. The van der Waals surface area contributed by atoms with E-state index in [0.717, 1.165) is 50.4 Å². The molecule has 0 spiro atoms. The predicted molar refractivity (Wildman–Crippen MR) is 124 cm³/mol. The average Bonchev–Trinajstić information content (AvgIpc) is 3.30. The Morgan fingerprint density at radius 1 is 0.903 bits per heavy atom. The minimum absolute atomic E-state index is 0.684. The largest absolute Gasteiger partial charge is 0.353 e. The maximum atomic E-state index is 9.33. The molecule has 3 aliphatic rings. The summed E-state index contributed by atoms with van der Waals surface area (Å²) in [5, 5.41) is 9.33. The smallest absolute Gasteiger partial charge is 0.146 e. The van der Waals surface area contributed by atoms with E-state index in [1.165, 1.54) is 56.4 Å². The van der Waals surface area contributed by atoms with Gasteiger partial charge < -0.3 is 4.90 Å². The molecule has 31 heavy (non-hydrogen) atoms. The van der Waals surface area contributed by atoms with Crippen molar-refractivity contribution < 1.29 is 0 Å². The van der Waals surface area contributed by atoms with Gasteiger partial charge in [-0.2, -0.15) is 5.26 Å². The van der Waals surface area contributed by atoms with Gasteiger partial charge in [-0.1, -0.05) is 24.3 Å². The molecular weight excluding hydrogens is 382 g/mol. The highest BCUT2D eigenvalue weighted by Crippen LogP contribution is 2.42. The van der Waals surface area contributed by atoms with Crippen LogP contribution in [0.25, 0.3) is 0 Å². The first-order chi connectivity index (χ1) is 15.3. The normalized spacial score (nSPS) is 24.7. The number of hydrogen-bond donors (Lipinski definition) is 0. The first-order valence-corrected chi connectivity index (χ1v) is 11.9. The van der Waals surface area contributed by atoms with Crippen molar-refractivity contribution in [2.45, 2.75) is 38.1 Å². The predicted octanol–water partition coefficient (Wildman–Crippen LogP) is 3.86. The van der Waals surface area contributed by atoms with Gasteiger partial charge in [0.15, 0.2) is 0 Å². The first-order valence-electron chi connectivity index (χ1n) is 11.9. The summed E-state index contributed by atoms with van der Waals surface area (Å²) in [7, 11) is 0. The van der Waals surface area contributed by atoms with Crippen molar-refractivity contribution in [1.29, 1.82) is 5.26 Å². The molecule has 0 amide bonds. The van der Waals surface area contributed by atoms with Crippen molar-refractivity contribution in [3.05, 3.63) is 59.3 Å². The number of benzene rings is 1. The van der Waals surface area contributed by atoms with Gasteiger partial charge in [0, 0.05) is 45.5 Å². The number of pyridine rings is 1. The SMILES string of the molecule is N#Cc1cccnc1N1CCN(CC2CC(c3ccc(CN4CCCC4)cc3)C2)CC1. The van der Waals surface area contributed by atoms with Crippen LogP contribution in [0.15, 0.2) is 42.6 Å². The van der Waals surface area contributed by atoms with E-state index in [1.807, 2.05) is 12.1 Å². The molecule has 1 saturated carbocycles. The molecule has 3 fully saturated rings. The fraction of sp³-hybridized carbons (Fsp3) is 0.538. The Labute approximate surface area is 186 Å². The van der Waals surface area contributed by atoms with Gasteiger partial charge >= 0.3 is 0 Å². The van der Waals surface area contributed by atoms with E-state index in [-0.39, 0.29) is 0 Å². The summed E-state index contributed by atoms with van der Waals surface area (Å²) in [6.45, 7) is 8.91. The number of piperazine rings is 1. The van der Waals surface area contributed by atoms with E-state index < -0.39 is 0 Å². The Kier molecular flexibility index (Phi) is 6.20. The van der Waals surface area contributed by atoms with E-state index in [0.29, 0.717) is 5.56 Å². The molecule has 1 aliphatic carbocycles. The van der Waals surface area contributed by atoms with Crippen molar-refractivity contribution in [2.24, 2.45) is 5.92 Å². The van der Waals surface area contributed by atoms with Gasteiger partial charge in [0.2, 0.25) is 0 Å². The zero-order chi connectivity index (χ0) is 21.0. The minimum Gasteiger partial charge on any atom is -0.353 e. The van der Waals surface area contributed by atoms with E-state index in [2.05, 4.69) is 50.0 Å². The molecule has 0 unspecified atom stereocenters. The molecule has 2 aromatic rings. The molecule has 0 radical (unpaired) electrons. The fourth-order valence-electron chi connectivity index (χ4n) is 5.49. The molecule has 5 heteroatoms. The van der Waals surface area contributed by atoms with Crippen LogP contribution in [0, 0.1) is 17.2 Å². The van der Waals surface area contributed by atoms with Crippen molar-refractivity contribution in [2.75, 3.05) is 50.7 Å². The van der Waals surface area contributed by atoms with Crippen molar-refractivity contribution in [3.8, 4) is 6.07 Å². The summed E-state index contributed by atoms with van der Waals surface area (Å²) in [4.78, 5) is 11.9. The van der Waals surface area contributed by atoms with Crippen LogP contribution in [0.4, 0.5) is 5.82 Å². The van der Waals surface area contributed by atoms with Crippen LogP contribution in [0.2, 0.25) is 0 Å². The summed E-state index contributed by atoms with van der Waals surface area (Å²) in [6.07, 6.45) is 7.16. The van der Waals surface area contributed by atoms with E-state index in [1.54, 1.807) is 6.20 Å². The number of nitrogens with zero attached hydrogens (tertiary/aromatic N) is 5. The molecule has 5 rings (SSSR count). The van der Waals surface area contributed by atoms with Crippen LogP contribution >= 0.6 is 0 Å². The molecule has 0 atom stereocenters. The maximum absolute atomic E-state index is 9.33. The lowest BCUT2D eigenvalue weighted by Gasteiger charge is -2.42. The minimum atomic E-state index is 0.684. The fourth-order valence-corrected chi connectivity index (χ4v) is 5.49. The van der Waals surface area contributed by atoms with Gasteiger partial charge in [-0.3, -0.25) is 9.80 Å². The molecule has 2 aliphatic heterocycles. The third kappa shape index (κ3) is 4.76. The second-order valence-electron chi connectivity index (χ2n) is 9.53. The van der Waals surface area contributed by atoms with Gasteiger partial charge in [-0.05, 0) is 73.9 Å². The lowest BCUT2D eigenvalue weighted by Crippen LogP contribution is -2.49. The molecule has 162 valence electrons. The zero-order valence-corrected chi connectivity index (χ0v) is 18.4. The van der Waals surface area contributed by atoms with Crippen molar-refractivity contribution in [1.82, 2.24) is 14.8 Å². The van der Waals surface area contributed by atoms with Crippen LogP contribution in [-0.4, -0.2) is 60.6 Å². The third-order valence-corrected chi connectivity index (χ3v) is 7.39. The molecule has 1 aromatic carbocycles. The number of rotatable bonds is 6. The highest BCUT2D eigenvalue weighted by molar-refractivity contribution is 5.53. The summed E-state index contributed by atoms with van der Waals surface area (Å²) in [6, 6.07) is 15.4. The van der Waals surface area contributed by atoms with Crippen LogP contribution < -0.4 is 4.90 Å². The topological polar surface area (TPSA) is 46.4 Å². The van der Waals surface area contributed by atoms with E-state index >= 15 is 0 Å². The second-order valence-corrected chi connectivity index (χ2v) is 9.53. The van der Waals surface area contributed by atoms with Crippen LogP contribution in [0.1, 0.15) is 48.3 Å². The Hall–Kier alpha value is -2.42. The highest BCUT2D eigenvalue weighted by Gasteiger charge is 2.32. The first kappa shape index (κ1) is 20.5. The van der Waals surface area contributed by atoms with E-state index in [9.17, 15) is 5.26 Å². The van der Waals surface area contributed by atoms with Crippen LogP contribution in [-0.2, 0) is 6.54 Å². The Morgan fingerprint density at radius 2 is 1.65 bits per heavy atom. The molecular formula is C26H33N5. The quantitative estimate of drug-likeness (QED) is 0.717. The lowest BCUT2D eigenvalue weighted by molar-refractivity contribution is 0.152. The second kappa shape index (κ2) is 9.38. The van der Waals surface area contributed by atoms with E-state index in [4.69, 9.17) is 0 Å². The maximum Gasteiger partial charge on any atom is 0.146 e. The van der Waals surface area contributed by atoms with Gasteiger partial charge in [0.25, 0.3) is 0 Å². The van der Waals surface area contributed by atoms with Crippen molar-refractivity contribution >= 4 is 5.82 Å². The standard InChI is InChI=1S/C26H33N5/c27-18-24-4-3-9-28-26(24)31-14-12-30(13-15-31)20-22-16-25(17-22)23-7-5-21(6-8-23)19-29-10-1-2-11-29/h3-9,22,25H,1-2,10-17,19-20H2. The molecule has 0 bridgehead atoms. The molecule has 5 nitrogen and oxygen atoms in total. The lowest BCUT2D eigenvalue weighted by atomic mass is 9.71. The van der Waals surface area contributed by atoms with Crippen molar-refractivity contribution in [3.63, 3.8) is 0 Å². The molecule has 0 N–H and O–H groups in total. The molecule has 3 heterocycles. The van der Waals surface area contributed by atoms with Crippen LogP contribution in [0.3, 0.4) is 0 Å². The Bertz CT molecular complexity index is 898. The summed E-state index contributed by atoms with van der Waals surface area (Å²) in [5.74, 6) is 2.42.